The zero-order valence-corrected chi connectivity index (χ0v) is 13.0. The van der Waals surface area contributed by atoms with Crippen molar-refractivity contribution < 1.29 is 14.9 Å². The highest BCUT2D eigenvalue weighted by Gasteiger charge is 2.13. The van der Waals surface area contributed by atoms with E-state index < -0.39 is 0 Å². The standard InChI is InChI=1S/C15H20N2O3S/c1-3-6-16-8-14-11(9-20-2)17-15(21-14)10-4-5-12(18)13(19)7-10/h4-5,7,16,18-19H,3,6,8-9H2,1-2H3. The Labute approximate surface area is 128 Å². The molecule has 1 heterocycles. The number of aromatic nitrogens is 1. The molecule has 0 atom stereocenters. The Hall–Kier alpha value is -1.63. The highest BCUT2D eigenvalue weighted by molar-refractivity contribution is 7.15. The lowest BCUT2D eigenvalue weighted by atomic mass is 10.2. The van der Waals surface area contributed by atoms with Gasteiger partial charge in [-0.05, 0) is 31.2 Å². The van der Waals surface area contributed by atoms with E-state index in [-0.39, 0.29) is 11.5 Å². The number of nitrogens with one attached hydrogen (secondary N) is 1. The van der Waals surface area contributed by atoms with Crippen LogP contribution in [-0.2, 0) is 17.9 Å². The second-order valence-corrected chi connectivity index (χ2v) is 5.79. The Kier molecular flexibility index (Phi) is 5.55. The Bertz CT molecular complexity index is 599. The first-order valence-corrected chi connectivity index (χ1v) is 7.68. The topological polar surface area (TPSA) is 74.6 Å². The lowest BCUT2D eigenvalue weighted by Gasteiger charge is -2.02. The molecule has 0 aliphatic rings. The van der Waals surface area contributed by atoms with Gasteiger partial charge in [0.05, 0.1) is 12.3 Å². The predicted molar refractivity (Wildman–Crippen MR) is 83.6 cm³/mol. The maximum atomic E-state index is 9.60. The molecule has 0 aliphatic carbocycles. The molecule has 0 saturated heterocycles. The molecule has 0 bridgehead atoms. The van der Waals surface area contributed by atoms with Crippen molar-refractivity contribution >= 4 is 11.3 Å². The minimum atomic E-state index is -0.137. The number of phenols is 2. The smallest absolute Gasteiger partial charge is 0.158 e. The van der Waals surface area contributed by atoms with Gasteiger partial charge < -0.3 is 20.3 Å². The van der Waals surface area contributed by atoms with Crippen LogP contribution in [0.2, 0.25) is 0 Å². The fourth-order valence-corrected chi connectivity index (χ4v) is 2.96. The number of methoxy groups -OCH3 is 1. The molecule has 2 aromatic rings. The highest BCUT2D eigenvalue weighted by atomic mass is 32.1. The number of ether oxygens (including phenoxy) is 1. The molecule has 0 spiro atoms. The van der Waals surface area contributed by atoms with Crippen molar-refractivity contribution in [1.29, 1.82) is 0 Å². The summed E-state index contributed by atoms with van der Waals surface area (Å²) < 4.78 is 5.19. The number of thiazole rings is 1. The molecule has 21 heavy (non-hydrogen) atoms. The van der Waals surface area contributed by atoms with E-state index in [1.54, 1.807) is 24.5 Å². The van der Waals surface area contributed by atoms with E-state index in [0.717, 1.165) is 40.7 Å². The Morgan fingerprint density at radius 3 is 2.76 bits per heavy atom. The number of aromatic hydroxyl groups is 2. The molecule has 0 unspecified atom stereocenters. The van der Waals surface area contributed by atoms with Crippen LogP contribution in [-0.4, -0.2) is 28.9 Å². The number of nitrogens with zero attached hydrogens (tertiary/aromatic N) is 1. The molecule has 0 aliphatic heterocycles. The molecule has 3 N–H and O–H groups in total. The normalized spacial score (nSPS) is 11.0. The quantitative estimate of drug-likeness (QED) is 0.542. The van der Waals surface area contributed by atoms with Gasteiger partial charge in [-0.2, -0.15) is 0 Å². The molecule has 6 heteroatoms. The Morgan fingerprint density at radius 1 is 1.29 bits per heavy atom. The minimum Gasteiger partial charge on any atom is -0.504 e. The van der Waals surface area contributed by atoms with Crippen LogP contribution < -0.4 is 5.32 Å². The average molecular weight is 308 g/mol. The van der Waals surface area contributed by atoms with Gasteiger partial charge in [0.1, 0.15) is 5.01 Å². The van der Waals surface area contributed by atoms with Crippen molar-refractivity contribution in [3.63, 3.8) is 0 Å². The Morgan fingerprint density at radius 2 is 2.10 bits per heavy atom. The average Bonchev–Trinajstić information content (AvgIpc) is 2.86. The molecule has 0 fully saturated rings. The lowest BCUT2D eigenvalue weighted by Crippen LogP contribution is -2.14. The van der Waals surface area contributed by atoms with Crippen molar-refractivity contribution in [2.75, 3.05) is 13.7 Å². The van der Waals surface area contributed by atoms with Crippen LogP contribution in [0.15, 0.2) is 18.2 Å². The van der Waals surface area contributed by atoms with Crippen LogP contribution >= 0.6 is 11.3 Å². The SMILES string of the molecule is CCCNCc1sc(-c2ccc(O)c(O)c2)nc1COC. The third-order valence-corrected chi connectivity index (χ3v) is 4.14. The van der Waals surface area contributed by atoms with Crippen molar-refractivity contribution in [2.24, 2.45) is 0 Å². The van der Waals surface area contributed by atoms with Crippen molar-refractivity contribution in [3.05, 3.63) is 28.8 Å². The second kappa shape index (κ2) is 7.40. The largest absolute Gasteiger partial charge is 0.504 e. The van der Waals surface area contributed by atoms with E-state index >= 15 is 0 Å². The van der Waals surface area contributed by atoms with Crippen LogP contribution in [0.1, 0.15) is 23.9 Å². The maximum absolute atomic E-state index is 9.60. The van der Waals surface area contributed by atoms with Gasteiger partial charge in [0, 0.05) is 24.1 Å². The number of hydrogen-bond acceptors (Lipinski definition) is 6. The van der Waals surface area contributed by atoms with Gasteiger partial charge in [-0.25, -0.2) is 4.98 Å². The third-order valence-electron chi connectivity index (χ3n) is 2.99. The summed E-state index contributed by atoms with van der Waals surface area (Å²) in [5.74, 6) is -0.265. The van der Waals surface area contributed by atoms with E-state index in [9.17, 15) is 10.2 Å². The lowest BCUT2D eigenvalue weighted by molar-refractivity contribution is 0.181. The molecule has 0 amide bonds. The van der Waals surface area contributed by atoms with Crippen molar-refractivity contribution in [3.8, 4) is 22.1 Å². The zero-order valence-electron chi connectivity index (χ0n) is 12.2. The third kappa shape index (κ3) is 3.93. The number of phenolic OH excluding ortho intramolecular Hbond substituents is 2. The number of hydrogen-bond donors (Lipinski definition) is 3. The van der Waals surface area contributed by atoms with Gasteiger partial charge in [-0.3, -0.25) is 0 Å². The van der Waals surface area contributed by atoms with Crippen LogP contribution in [0.3, 0.4) is 0 Å². The predicted octanol–water partition coefficient (Wildman–Crippen LogP) is 2.87. The molecule has 1 aromatic carbocycles. The van der Waals surface area contributed by atoms with Crippen molar-refractivity contribution in [1.82, 2.24) is 10.3 Å². The van der Waals surface area contributed by atoms with Crippen molar-refractivity contribution in [2.45, 2.75) is 26.5 Å². The molecule has 114 valence electrons. The van der Waals surface area contributed by atoms with Crippen LogP contribution in [0.4, 0.5) is 0 Å². The number of rotatable bonds is 7. The highest BCUT2D eigenvalue weighted by Crippen LogP contribution is 2.34. The zero-order chi connectivity index (χ0) is 15.2. The van der Waals surface area contributed by atoms with Gasteiger partial charge in [0.2, 0.25) is 0 Å². The summed E-state index contributed by atoms with van der Waals surface area (Å²) in [6.07, 6.45) is 1.08. The summed E-state index contributed by atoms with van der Waals surface area (Å²) in [4.78, 5) is 5.71. The molecule has 0 radical (unpaired) electrons. The van der Waals surface area contributed by atoms with E-state index in [1.165, 1.54) is 12.1 Å². The fourth-order valence-electron chi connectivity index (χ4n) is 1.93. The van der Waals surface area contributed by atoms with Gasteiger partial charge in [0.15, 0.2) is 11.5 Å². The molecular weight excluding hydrogens is 288 g/mol. The summed E-state index contributed by atoms with van der Waals surface area (Å²) in [5, 5.41) is 23.2. The van der Waals surface area contributed by atoms with Gasteiger partial charge in [-0.15, -0.1) is 11.3 Å². The Balaban J connectivity index is 2.26. The summed E-state index contributed by atoms with van der Waals surface area (Å²) in [6, 6.07) is 4.73. The van der Waals surface area contributed by atoms with E-state index in [4.69, 9.17) is 4.74 Å². The number of benzene rings is 1. The monoisotopic (exact) mass is 308 g/mol. The first kappa shape index (κ1) is 15.8. The maximum Gasteiger partial charge on any atom is 0.158 e. The molecule has 5 nitrogen and oxygen atoms in total. The van der Waals surface area contributed by atoms with E-state index in [1.807, 2.05) is 0 Å². The van der Waals surface area contributed by atoms with E-state index in [2.05, 4.69) is 17.2 Å². The summed E-state index contributed by atoms with van der Waals surface area (Å²) in [6.45, 7) is 4.30. The van der Waals surface area contributed by atoms with Gasteiger partial charge in [0.25, 0.3) is 0 Å². The molecular formula is C15H20N2O3S. The van der Waals surface area contributed by atoms with Gasteiger partial charge >= 0.3 is 0 Å². The van der Waals surface area contributed by atoms with Crippen LogP contribution in [0, 0.1) is 0 Å². The van der Waals surface area contributed by atoms with E-state index in [0.29, 0.717) is 6.61 Å². The molecule has 2 rings (SSSR count). The molecule has 1 aromatic heterocycles. The summed E-state index contributed by atoms with van der Waals surface area (Å²) in [7, 11) is 1.65. The van der Waals surface area contributed by atoms with Crippen LogP contribution in [0.25, 0.3) is 10.6 Å². The molecule has 0 saturated carbocycles. The first-order valence-electron chi connectivity index (χ1n) is 6.86. The summed E-state index contributed by atoms with van der Waals surface area (Å²) >= 11 is 1.57. The first-order chi connectivity index (χ1) is 10.2. The van der Waals surface area contributed by atoms with Crippen LogP contribution in [0.5, 0.6) is 11.5 Å². The van der Waals surface area contributed by atoms with Gasteiger partial charge in [-0.1, -0.05) is 6.92 Å². The minimum absolute atomic E-state index is 0.128. The second-order valence-electron chi connectivity index (χ2n) is 4.70. The summed E-state index contributed by atoms with van der Waals surface area (Å²) in [5.41, 5.74) is 1.70. The fraction of sp³-hybridized carbons (Fsp3) is 0.400.